The van der Waals surface area contributed by atoms with E-state index in [1.54, 1.807) is 24.3 Å². The highest BCUT2D eigenvalue weighted by Crippen LogP contribution is 2.26. The van der Waals surface area contributed by atoms with Gasteiger partial charge in [0.25, 0.3) is 0 Å². The summed E-state index contributed by atoms with van der Waals surface area (Å²) >= 11 is 0. The maximum absolute atomic E-state index is 12.7. The van der Waals surface area contributed by atoms with Crippen molar-refractivity contribution in [1.29, 1.82) is 0 Å². The highest BCUT2D eigenvalue weighted by molar-refractivity contribution is 6.03. The molecule has 0 saturated carbocycles. The smallest absolute Gasteiger partial charge is 0.339 e. The Morgan fingerprint density at radius 1 is 0.727 bits per heavy atom. The Morgan fingerprint density at radius 2 is 1.18 bits per heavy atom. The molecule has 0 fully saturated rings. The number of ether oxygens (including phenoxy) is 2. The van der Waals surface area contributed by atoms with Gasteiger partial charge >= 0.3 is 11.9 Å². The van der Waals surface area contributed by atoms with Crippen LogP contribution in [0, 0.1) is 5.41 Å². The van der Waals surface area contributed by atoms with Gasteiger partial charge in [0.2, 0.25) is 0 Å². The minimum Gasteiger partial charge on any atom is -0.462 e. The van der Waals surface area contributed by atoms with Crippen LogP contribution in [-0.4, -0.2) is 24.6 Å². The van der Waals surface area contributed by atoms with E-state index in [1.807, 2.05) is 27.7 Å². The Labute approximate surface area is 202 Å². The van der Waals surface area contributed by atoms with Crippen LogP contribution >= 0.6 is 0 Å². The van der Waals surface area contributed by atoms with Gasteiger partial charge in [0.1, 0.15) is 6.10 Å². The third-order valence-electron chi connectivity index (χ3n) is 6.18. The van der Waals surface area contributed by atoms with Gasteiger partial charge in [-0.25, -0.2) is 9.59 Å². The molecule has 0 aromatic heterocycles. The third-order valence-corrected chi connectivity index (χ3v) is 6.18. The number of rotatable bonds is 17. The average molecular weight is 461 g/mol. The van der Waals surface area contributed by atoms with Crippen LogP contribution in [0.3, 0.4) is 0 Å². The molecule has 4 heteroatoms. The van der Waals surface area contributed by atoms with Gasteiger partial charge in [-0.05, 0) is 30.4 Å². The zero-order chi connectivity index (χ0) is 24.5. The van der Waals surface area contributed by atoms with Crippen LogP contribution < -0.4 is 0 Å². The fourth-order valence-corrected chi connectivity index (χ4v) is 4.09. The standard InChI is InChI=1S/C29H48O4/c1-6-8-9-10-11-12-13-14-15-16-17-20-23-32-27(30)24-21-18-19-22-25(24)28(31)33-26(7-2)29(3,4)5/h18-19,21-22,26H,6-17,20,23H2,1-5H3. The summed E-state index contributed by atoms with van der Waals surface area (Å²) in [5.41, 5.74) is 0.402. The fourth-order valence-electron chi connectivity index (χ4n) is 4.09. The van der Waals surface area contributed by atoms with Gasteiger partial charge in [-0.15, -0.1) is 0 Å². The van der Waals surface area contributed by atoms with Gasteiger partial charge < -0.3 is 9.47 Å². The van der Waals surface area contributed by atoms with E-state index >= 15 is 0 Å². The van der Waals surface area contributed by atoms with Crippen molar-refractivity contribution in [2.75, 3.05) is 6.61 Å². The van der Waals surface area contributed by atoms with Crippen molar-refractivity contribution in [1.82, 2.24) is 0 Å². The summed E-state index contributed by atoms with van der Waals surface area (Å²) in [6.07, 6.45) is 15.7. The Bertz CT molecular complexity index is 674. The van der Waals surface area contributed by atoms with Crippen molar-refractivity contribution < 1.29 is 19.1 Å². The largest absolute Gasteiger partial charge is 0.462 e. The number of carbonyl (C=O) groups is 2. The van der Waals surface area contributed by atoms with Crippen LogP contribution in [0.5, 0.6) is 0 Å². The molecule has 1 rings (SSSR count). The van der Waals surface area contributed by atoms with E-state index in [-0.39, 0.29) is 22.6 Å². The molecule has 0 aliphatic carbocycles. The predicted molar refractivity (Wildman–Crippen MR) is 137 cm³/mol. The second-order valence-electron chi connectivity index (χ2n) is 10.2. The van der Waals surface area contributed by atoms with Crippen molar-refractivity contribution in [3.63, 3.8) is 0 Å². The van der Waals surface area contributed by atoms with Crippen molar-refractivity contribution in [3.05, 3.63) is 35.4 Å². The minimum atomic E-state index is -0.463. The first-order chi connectivity index (χ1) is 15.8. The molecule has 0 aliphatic heterocycles. The molecule has 0 N–H and O–H groups in total. The fraction of sp³-hybridized carbons (Fsp3) is 0.724. The first-order valence-electron chi connectivity index (χ1n) is 13.3. The molecule has 4 nitrogen and oxygen atoms in total. The second kappa shape index (κ2) is 16.7. The zero-order valence-corrected chi connectivity index (χ0v) is 21.9. The van der Waals surface area contributed by atoms with Gasteiger partial charge in [-0.1, -0.05) is 117 Å². The van der Waals surface area contributed by atoms with Gasteiger partial charge in [-0.3, -0.25) is 0 Å². The molecule has 1 aromatic rings. The van der Waals surface area contributed by atoms with Crippen LogP contribution in [-0.2, 0) is 9.47 Å². The van der Waals surface area contributed by atoms with Crippen molar-refractivity contribution in [3.8, 4) is 0 Å². The van der Waals surface area contributed by atoms with Crippen LogP contribution in [0.25, 0.3) is 0 Å². The summed E-state index contributed by atoms with van der Waals surface area (Å²) < 4.78 is 11.2. The quantitative estimate of drug-likeness (QED) is 0.173. The molecule has 0 radical (unpaired) electrons. The Balaban J connectivity index is 2.30. The summed E-state index contributed by atoms with van der Waals surface area (Å²) in [6.45, 7) is 10.8. The number of hydrogen-bond donors (Lipinski definition) is 0. The number of hydrogen-bond acceptors (Lipinski definition) is 4. The normalized spacial score (nSPS) is 12.4. The van der Waals surface area contributed by atoms with Crippen molar-refractivity contribution in [2.45, 2.75) is 124 Å². The lowest BCUT2D eigenvalue weighted by molar-refractivity contribution is -0.00437. The van der Waals surface area contributed by atoms with Crippen LogP contribution in [0.15, 0.2) is 24.3 Å². The Hall–Kier alpha value is -1.84. The molecule has 1 aromatic carbocycles. The maximum atomic E-state index is 12.7. The number of carbonyl (C=O) groups excluding carboxylic acids is 2. The van der Waals surface area contributed by atoms with E-state index in [0.717, 1.165) is 19.3 Å². The molecule has 1 atom stereocenters. The van der Waals surface area contributed by atoms with Crippen molar-refractivity contribution >= 4 is 11.9 Å². The Morgan fingerprint density at radius 3 is 1.64 bits per heavy atom. The third kappa shape index (κ3) is 12.3. The highest BCUT2D eigenvalue weighted by Gasteiger charge is 2.28. The molecule has 188 valence electrons. The van der Waals surface area contributed by atoms with Crippen LogP contribution in [0.2, 0.25) is 0 Å². The maximum Gasteiger partial charge on any atom is 0.339 e. The van der Waals surface area contributed by atoms with E-state index < -0.39 is 11.9 Å². The number of esters is 2. The first kappa shape index (κ1) is 29.2. The van der Waals surface area contributed by atoms with E-state index in [2.05, 4.69) is 6.92 Å². The number of benzene rings is 1. The average Bonchev–Trinajstić information content (AvgIpc) is 2.79. The summed E-state index contributed by atoms with van der Waals surface area (Å²) in [6, 6.07) is 6.77. The Kier molecular flexibility index (Phi) is 14.8. The lowest BCUT2D eigenvalue weighted by Crippen LogP contribution is -2.31. The van der Waals surface area contributed by atoms with E-state index in [1.165, 1.54) is 64.2 Å². The van der Waals surface area contributed by atoms with E-state index in [4.69, 9.17) is 9.47 Å². The molecule has 33 heavy (non-hydrogen) atoms. The second-order valence-corrected chi connectivity index (χ2v) is 10.2. The van der Waals surface area contributed by atoms with Gasteiger partial charge in [0.05, 0.1) is 17.7 Å². The topological polar surface area (TPSA) is 52.6 Å². The minimum absolute atomic E-state index is 0.158. The summed E-state index contributed by atoms with van der Waals surface area (Å²) in [7, 11) is 0. The first-order valence-corrected chi connectivity index (χ1v) is 13.3. The lowest BCUT2D eigenvalue weighted by atomic mass is 9.87. The van der Waals surface area contributed by atoms with Gasteiger partial charge in [0, 0.05) is 0 Å². The van der Waals surface area contributed by atoms with E-state index in [9.17, 15) is 9.59 Å². The zero-order valence-electron chi connectivity index (χ0n) is 21.9. The molecule has 0 aliphatic rings. The molecule has 0 heterocycles. The summed E-state index contributed by atoms with van der Waals surface area (Å²) in [4.78, 5) is 25.3. The summed E-state index contributed by atoms with van der Waals surface area (Å²) in [5, 5.41) is 0. The SMILES string of the molecule is CCCCCCCCCCCCCCOC(=O)c1ccccc1C(=O)OC(CC)C(C)(C)C. The molecule has 0 saturated heterocycles. The van der Waals surface area contributed by atoms with Crippen LogP contribution in [0.1, 0.15) is 139 Å². The predicted octanol–water partition coefficient (Wildman–Crippen LogP) is 8.53. The van der Waals surface area contributed by atoms with E-state index in [0.29, 0.717) is 6.61 Å². The number of unbranched alkanes of at least 4 members (excludes halogenated alkanes) is 11. The molecule has 0 bridgehead atoms. The van der Waals surface area contributed by atoms with Gasteiger partial charge in [0.15, 0.2) is 0 Å². The molecular weight excluding hydrogens is 412 g/mol. The highest BCUT2D eigenvalue weighted by atomic mass is 16.5. The van der Waals surface area contributed by atoms with Gasteiger partial charge in [-0.2, -0.15) is 0 Å². The summed E-state index contributed by atoms with van der Waals surface area (Å²) in [5.74, 6) is -0.913. The molecule has 0 spiro atoms. The lowest BCUT2D eigenvalue weighted by Gasteiger charge is -2.29. The monoisotopic (exact) mass is 460 g/mol. The van der Waals surface area contributed by atoms with Crippen molar-refractivity contribution in [2.24, 2.45) is 5.41 Å². The molecule has 0 amide bonds. The molecular formula is C29H48O4. The van der Waals surface area contributed by atoms with Crippen LogP contribution in [0.4, 0.5) is 0 Å². The molecule has 1 unspecified atom stereocenters.